The van der Waals surface area contributed by atoms with Gasteiger partial charge in [-0.3, -0.25) is 0 Å². The van der Waals surface area contributed by atoms with Gasteiger partial charge in [0.25, 0.3) is 0 Å². The molecule has 0 radical (unpaired) electrons. The number of benzene rings is 20. The molecule has 0 atom stereocenters. The first-order valence-electron chi connectivity index (χ1n) is 50.2. The van der Waals surface area contributed by atoms with Crippen LogP contribution in [0.2, 0.25) is 0 Å². The Morgan fingerprint density at radius 2 is 0.497 bits per heavy atom. The Balaban J connectivity index is 0.000000117. The molecule has 712 valence electrons. The maximum absolute atomic E-state index is 2.49. The summed E-state index contributed by atoms with van der Waals surface area (Å²) in [4.78, 5) is 8.69. The smallest absolute Gasteiger partial charge is 0.108 e. The van der Waals surface area contributed by atoms with E-state index in [1.54, 1.807) is 11.3 Å². The predicted molar refractivity (Wildman–Crippen MR) is 633 cm³/mol. The van der Waals surface area contributed by atoms with Crippen molar-refractivity contribution in [3.8, 4) is 72.7 Å². The van der Waals surface area contributed by atoms with Crippen LogP contribution in [0.25, 0.3) is 158 Å². The van der Waals surface area contributed by atoms with Gasteiger partial charge in [0.1, 0.15) is 4.83 Å². The van der Waals surface area contributed by atoms with Gasteiger partial charge in [0.05, 0.1) is 61.7 Å². The fraction of sp³-hybridized carbons (Fsp3) is 0.108. The number of aromatic nitrogens is 3. The minimum atomic E-state index is -0.179. The number of thiophene rings is 2. The molecule has 0 bridgehead atoms. The molecule has 147 heavy (non-hydrogen) atoms. The van der Waals surface area contributed by atoms with Crippen molar-refractivity contribution < 1.29 is 0 Å². The van der Waals surface area contributed by atoms with Gasteiger partial charge in [0.15, 0.2) is 0 Å². The molecule has 0 spiro atoms. The summed E-state index contributed by atoms with van der Waals surface area (Å²) in [6.45, 7) is 18.9. The Bertz CT molecular complexity index is 9380. The SMILES string of the molecule is C.C.C.CC1(C)c2ccccc2-c2ccc(N3c4ccccc4C(C)(C)c4cc(-c5ccc(-n6c7ccccc7c7ccsc76)cc5)ccc43)cc21.CC1(C)c2ccccc2N(c2ccc(-c3ccccc3)cc2)c2ccc(-c3ccc(-n4c5ccccc5c5ccccc54)cc3)cc21.CC1(C)c2ccccc2N(c2ccc3sc4ccccc4c3c2)c2ccc(-c3cccc(-n4c5ccccc5c5ccccc54)c3)cc21. The van der Waals surface area contributed by atoms with Crippen molar-refractivity contribution in [1.29, 1.82) is 0 Å². The minimum Gasteiger partial charge on any atom is -0.310 e. The molecule has 4 aliphatic rings. The van der Waals surface area contributed by atoms with E-state index in [1.807, 2.05) is 11.3 Å². The summed E-state index contributed by atoms with van der Waals surface area (Å²) in [6, 6.07) is 172. The summed E-state index contributed by atoms with van der Waals surface area (Å²) in [5.41, 5.74) is 43.5. The monoisotopic (exact) mass is 1930 g/mol. The molecule has 29 rings (SSSR count). The lowest BCUT2D eigenvalue weighted by Crippen LogP contribution is -2.30. The second-order valence-corrected chi connectivity index (χ2v) is 43.1. The Morgan fingerprint density at radius 1 is 0.177 bits per heavy atom. The summed E-state index contributed by atoms with van der Waals surface area (Å²) in [6.07, 6.45) is 0. The molecule has 0 unspecified atom stereocenters. The predicted octanol–water partition coefficient (Wildman–Crippen LogP) is 40.0. The molecule has 20 aromatic carbocycles. The Hall–Kier alpha value is -16.9. The lowest BCUT2D eigenvalue weighted by molar-refractivity contribution is 0.631. The number of nitrogens with zero attached hydrogens (tertiary/aromatic N) is 6. The van der Waals surface area contributed by atoms with Gasteiger partial charge in [-0.1, -0.05) is 369 Å². The Labute approximate surface area is 869 Å². The highest BCUT2D eigenvalue weighted by molar-refractivity contribution is 7.25. The fourth-order valence-corrected chi connectivity index (χ4v) is 26.4. The van der Waals surface area contributed by atoms with Crippen LogP contribution in [-0.2, 0) is 21.7 Å². The normalized spacial score (nSPS) is 13.9. The lowest BCUT2D eigenvalue weighted by atomic mass is 9.72. The highest BCUT2D eigenvalue weighted by Crippen LogP contribution is 2.59. The third kappa shape index (κ3) is 14.7. The van der Waals surface area contributed by atoms with Crippen molar-refractivity contribution in [3.63, 3.8) is 0 Å². The van der Waals surface area contributed by atoms with Gasteiger partial charge in [-0.05, 0) is 281 Å². The van der Waals surface area contributed by atoms with Gasteiger partial charge in [0, 0.05) is 108 Å². The number of rotatable bonds is 10. The van der Waals surface area contributed by atoms with Gasteiger partial charge >= 0.3 is 0 Å². The first-order chi connectivity index (χ1) is 70.5. The molecule has 25 aromatic rings. The topological polar surface area (TPSA) is 24.5 Å². The van der Waals surface area contributed by atoms with E-state index in [-0.39, 0.29) is 43.9 Å². The zero-order valence-electron chi connectivity index (χ0n) is 81.5. The molecular weight excluding hydrogens is 1820 g/mol. The standard InChI is InChI=1S/C46H36N2S.C45H32N2S.C45H34N2.3CH4/c1-45(2)37-13-7-5-11-33(37)34-23-22-32(28-39(34)45)47-42-16-10-8-14-38(42)46(3,4)40-27-30(19-24-43(40)47)29-17-20-31(21-18-29)48-41-15-9-6-12-35(41)36-25-26-49-44(36)48;1-45(2)37-17-6-9-20-41(37)47(32-23-25-44-36(28-32)35-16-5-10-21-43(35)48-44)42-24-22-30(27-38(42)45)29-12-11-13-31(26-29)46-39-18-7-3-14-33(39)34-15-4-8-19-40(34)46;1-45(2)39-16-8-11-19-43(39)47(36-25-20-32(21-26-36)31-12-4-3-5-13-31)44-29-24-34(30-40(44)45)33-22-27-35(28-23-33)46-41-17-9-6-14-37(41)38-15-7-10-18-42(38)46;;;/h5-28H,1-4H3;3-28H,1-2H3;3-30H,1-2H3;3*1H4. The molecule has 0 saturated carbocycles. The number of hydrogen-bond donors (Lipinski definition) is 0. The van der Waals surface area contributed by atoms with Crippen LogP contribution in [0.4, 0.5) is 51.2 Å². The largest absolute Gasteiger partial charge is 0.310 e. The van der Waals surface area contributed by atoms with Crippen LogP contribution in [0.3, 0.4) is 0 Å². The van der Waals surface area contributed by atoms with Crippen LogP contribution >= 0.6 is 22.7 Å². The van der Waals surface area contributed by atoms with Crippen LogP contribution < -0.4 is 14.7 Å². The third-order valence-corrected chi connectivity index (χ3v) is 33.7. The van der Waals surface area contributed by atoms with Gasteiger partial charge < -0.3 is 28.4 Å². The van der Waals surface area contributed by atoms with Crippen molar-refractivity contribution in [3.05, 3.63) is 517 Å². The molecule has 8 heteroatoms. The Morgan fingerprint density at radius 3 is 1.00 bits per heavy atom. The first-order valence-corrected chi connectivity index (χ1v) is 51.9. The lowest BCUT2D eigenvalue weighted by Gasteiger charge is -2.42. The molecule has 0 saturated heterocycles. The van der Waals surface area contributed by atoms with Crippen LogP contribution in [-0.4, -0.2) is 13.7 Å². The highest BCUT2D eigenvalue weighted by atomic mass is 32.1. The molecular formula is C139H114N6S2. The number of anilines is 9. The molecule has 3 aliphatic heterocycles. The van der Waals surface area contributed by atoms with Gasteiger partial charge in [0.2, 0.25) is 0 Å². The first kappa shape index (κ1) is 92.5. The van der Waals surface area contributed by atoms with Crippen LogP contribution in [0.1, 0.15) is 122 Å². The summed E-state index contributed by atoms with van der Waals surface area (Å²) in [5, 5.41) is 12.6. The summed E-state index contributed by atoms with van der Waals surface area (Å²) in [7, 11) is 0. The molecule has 5 aromatic heterocycles. The van der Waals surface area contributed by atoms with E-state index in [4.69, 9.17) is 0 Å². The maximum Gasteiger partial charge on any atom is 0.108 e. The van der Waals surface area contributed by atoms with Gasteiger partial charge in [-0.2, -0.15) is 0 Å². The Kier molecular flexibility index (Phi) is 22.6. The van der Waals surface area contributed by atoms with E-state index in [2.05, 4.69) is 556 Å². The van der Waals surface area contributed by atoms with Crippen molar-refractivity contribution in [2.24, 2.45) is 0 Å². The summed E-state index contributed by atoms with van der Waals surface area (Å²) < 4.78 is 9.84. The number of hydrogen-bond acceptors (Lipinski definition) is 5. The van der Waals surface area contributed by atoms with Crippen molar-refractivity contribution >= 4 is 159 Å². The summed E-state index contributed by atoms with van der Waals surface area (Å²) in [5.74, 6) is 0. The summed E-state index contributed by atoms with van der Waals surface area (Å²) >= 11 is 3.67. The number of para-hydroxylation sites is 8. The van der Waals surface area contributed by atoms with E-state index in [1.165, 1.54) is 248 Å². The quantitative estimate of drug-likeness (QED) is 0.136. The highest BCUT2D eigenvalue weighted by Gasteiger charge is 2.43. The minimum absolute atomic E-state index is 0. The van der Waals surface area contributed by atoms with E-state index in [9.17, 15) is 0 Å². The van der Waals surface area contributed by atoms with Gasteiger partial charge in [-0.15, -0.1) is 22.7 Å². The van der Waals surface area contributed by atoms with Gasteiger partial charge in [-0.25, -0.2) is 0 Å². The molecule has 1 aliphatic carbocycles. The zero-order valence-corrected chi connectivity index (χ0v) is 83.2. The second kappa shape index (κ2) is 35.9. The third-order valence-electron chi connectivity index (χ3n) is 31.7. The van der Waals surface area contributed by atoms with Crippen molar-refractivity contribution in [1.82, 2.24) is 13.7 Å². The van der Waals surface area contributed by atoms with E-state index >= 15 is 0 Å². The maximum atomic E-state index is 2.49. The molecule has 0 fully saturated rings. The average Bonchev–Trinajstić information content (AvgIpc) is 1.61. The zero-order chi connectivity index (χ0) is 96.6. The van der Waals surface area contributed by atoms with Crippen LogP contribution in [0, 0.1) is 0 Å². The van der Waals surface area contributed by atoms with E-state index in [0.717, 1.165) is 5.69 Å². The van der Waals surface area contributed by atoms with E-state index < -0.39 is 0 Å². The van der Waals surface area contributed by atoms with Crippen molar-refractivity contribution in [2.45, 2.75) is 99.3 Å². The second-order valence-electron chi connectivity index (χ2n) is 41.1. The average molecular weight is 1930 g/mol. The molecule has 0 N–H and O–H groups in total. The van der Waals surface area contributed by atoms with Crippen molar-refractivity contribution in [2.75, 3.05) is 14.7 Å². The molecule has 0 amide bonds. The van der Waals surface area contributed by atoms with E-state index in [0.29, 0.717) is 0 Å². The molecule has 6 nitrogen and oxygen atoms in total. The molecule has 8 heterocycles. The van der Waals surface area contributed by atoms with Crippen LogP contribution in [0.15, 0.2) is 472 Å². The fourth-order valence-electron chi connectivity index (χ4n) is 24.4. The number of fused-ring (bicyclic) bond motifs is 21. The van der Waals surface area contributed by atoms with Crippen LogP contribution in [0.5, 0.6) is 0 Å².